The molecule has 2 aromatic heterocycles. The van der Waals surface area contributed by atoms with Gasteiger partial charge in [-0.05, 0) is 17.5 Å². The van der Waals surface area contributed by atoms with Gasteiger partial charge in [0.1, 0.15) is 0 Å². The molecule has 0 saturated carbocycles. The fraction of sp³-hybridized carbons (Fsp3) is 0.368. The van der Waals surface area contributed by atoms with E-state index in [0.717, 1.165) is 36.7 Å². The second-order valence-electron chi connectivity index (χ2n) is 6.40. The molecule has 3 aromatic rings. The normalized spacial score (nSPS) is 18.0. The number of nitrogens with zero attached hydrogens (tertiary/aromatic N) is 3. The Labute approximate surface area is 151 Å². The van der Waals surface area contributed by atoms with Crippen molar-refractivity contribution in [1.82, 2.24) is 19.6 Å². The Kier molecular flexibility index (Phi) is 4.55. The lowest BCUT2D eigenvalue weighted by atomic mass is 10.0. The average molecular weight is 354 g/mol. The van der Waals surface area contributed by atoms with Crippen LogP contribution in [0.1, 0.15) is 29.8 Å². The Bertz CT molecular complexity index is 839. The maximum Gasteiger partial charge on any atom is 0.229 e. The topological polar surface area (TPSA) is 49.6 Å². The summed E-state index contributed by atoms with van der Waals surface area (Å²) in [6.45, 7) is 4.53. The number of aryl methyl sites for hydroxylation is 1. The molecule has 3 heterocycles. The van der Waals surface area contributed by atoms with Crippen LogP contribution in [0.3, 0.4) is 0 Å². The number of rotatable bonds is 4. The van der Waals surface area contributed by atoms with E-state index in [2.05, 4.69) is 41.5 Å². The maximum absolute atomic E-state index is 12.9. The van der Waals surface area contributed by atoms with Crippen molar-refractivity contribution >= 4 is 22.2 Å². The second-order valence-corrected chi connectivity index (χ2v) is 7.28. The molecule has 1 unspecified atom stereocenters. The monoisotopic (exact) mass is 354 g/mol. The number of carbonyl (C=O) groups excluding carboxylic acids is 1. The van der Waals surface area contributed by atoms with E-state index in [1.165, 1.54) is 11.1 Å². The van der Waals surface area contributed by atoms with Crippen molar-refractivity contribution < 1.29 is 4.79 Å². The van der Waals surface area contributed by atoms with E-state index in [0.29, 0.717) is 6.42 Å². The number of hydrogen-bond acceptors (Lipinski definition) is 4. The van der Waals surface area contributed by atoms with Gasteiger partial charge in [0.2, 0.25) is 5.91 Å². The number of carbonyl (C=O) groups is 1. The number of amides is 1. The molecule has 0 spiro atoms. The van der Waals surface area contributed by atoms with Crippen molar-refractivity contribution in [2.45, 2.75) is 25.8 Å². The molecule has 5 nitrogen and oxygen atoms in total. The van der Waals surface area contributed by atoms with Gasteiger partial charge >= 0.3 is 0 Å². The van der Waals surface area contributed by atoms with E-state index in [1.54, 1.807) is 11.3 Å². The van der Waals surface area contributed by atoms with Crippen molar-refractivity contribution in [2.24, 2.45) is 0 Å². The summed E-state index contributed by atoms with van der Waals surface area (Å²) in [5, 5.41) is 5.42. The fourth-order valence-corrected chi connectivity index (χ4v) is 4.11. The van der Waals surface area contributed by atoms with Crippen LogP contribution < -0.4 is 5.32 Å². The first-order chi connectivity index (χ1) is 12.2. The fourth-order valence-electron chi connectivity index (χ4n) is 3.39. The zero-order valence-electron chi connectivity index (χ0n) is 14.3. The first kappa shape index (κ1) is 16.3. The summed E-state index contributed by atoms with van der Waals surface area (Å²) in [4.78, 5) is 20.4. The lowest BCUT2D eigenvalue weighted by molar-refractivity contribution is -0.133. The molecule has 1 aliphatic rings. The molecule has 0 aliphatic carbocycles. The molecule has 1 atom stereocenters. The Morgan fingerprint density at radius 3 is 2.96 bits per heavy atom. The van der Waals surface area contributed by atoms with Gasteiger partial charge in [0.05, 0.1) is 18.2 Å². The van der Waals surface area contributed by atoms with Crippen molar-refractivity contribution in [1.29, 1.82) is 0 Å². The second kappa shape index (κ2) is 6.98. The third-order valence-corrected chi connectivity index (χ3v) is 5.58. The first-order valence-electron chi connectivity index (χ1n) is 8.74. The Morgan fingerprint density at radius 1 is 1.36 bits per heavy atom. The number of thiazole rings is 1. The molecule has 1 aromatic carbocycles. The van der Waals surface area contributed by atoms with Crippen LogP contribution in [-0.4, -0.2) is 39.8 Å². The molecule has 130 valence electrons. The Morgan fingerprint density at radius 2 is 2.20 bits per heavy atom. The lowest BCUT2D eigenvalue weighted by Crippen LogP contribution is -2.49. The van der Waals surface area contributed by atoms with Gasteiger partial charge < -0.3 is 10.2 Å². The van der Waals surface area contributed by atoms with E-state index in [4.69, 9.17) is 0 Å². The van der Waals surface area contributed by atoms with Gasteiger partial charge in [0.15, 0.2) is 4.96 Å². The van der Waals surface area contributed by atoms with Crippen LogP contribution in [0.25, 0.3) is 4.96 Å². The molecule has 1 fully saturated rings. The SMILES string of the molecule is CCc1ccc(C2CNCCN2C(=O)Cc2cn3ccsc3n2)cc1. The molecule has 25 heavy (non-hydrogen) atoms. The molecule has 1 N–H and O–H groups in total. The van der Waals surface area contributed by atoms with E-state index in [9.17, 15) is 4.79 Å². The third-order valence-electron chi connectivity index (χ3n) is 4.81. The van der Waals surface area contributed by atoms with Gasteiger partial charge in [-0.1, -0.05) is 31.2 Å². The molecule has 0 bridgehead atoms. The average Bonchev–Trinajstić information content (AvgIpc) is 3.23. The summed E-state index contributed by atoms with van der Waals surface area (Å²) in [5.41, 5.74) is 3.36. The zero-order chi connectivity index (χ0) is 17.2. The van der Waals surface area contributed by atoms with E-state index >= 15 is 0 Å². The molecule has 0 radical (unpaired) electrons. The number of fused-ring (bicyclic) bond motifs is 1. The third kappa shape index (κ3) is 3.32. The highest BCUT2D eigenvalue weighted by Gasteiger charge is 2.28. The molecule has 6 heteroatoms. The minimum absolute atomic E-state index is 0.0934. The number of benzene rings is 1. The predicted octanol–water partition coefficient (Wildman–Crippen LogP) is 2.67. The summed E-state index contributed by atoms with van der Waals surface area (Å²) in [6.07, 6.45) is 5.32. The molecule has 1 amide bonds. The molecule has 1 saturated heterocycles. The number of nitrogens with one attached hydrogen (secondary N) is 1. The van der Waals surface area contributed by atoms with Gasteiger partial charge in [-0.3, -0.25) is 9.20 Å². The quantitative estimate of drug-likeness (QED) is 0.784. The molecule has 1 aliphatic heterocycles. The van der Waals surface area contributed by atoms with Crippen LogP contribution in [0.4, 0.5) is 0 Å². The maximum atomic E-state index is 12.9. The van der Waals surface area contributed by atoms with E-state index in [-0.39, 0.29) is 11.9 Å². The Hall–Kier alpha value is -2.18. The van der Waals surface area contributed by atoms with Gasteiger partial charge in [-0.2, -0.15) is 0 Å². The van der Waals surface area contributed by atoms with Crippen LogP contribution in [0.15, 0.2) is 42.0 Å². The van der Waals surface area contributed by atoms with Crippen LogP contribution in [0, 0.1) is 0 Å². The summed E-state index contributed by atoms with van der Waals surface area (Å²) in [6, 6.07) is 8.73. The highest BCUT2D eigenvalue weighted by atomic mass is 32.1. The summed E-state index contributed by atoms with van der Waals surface area (Å²) >= 11 is 1.59. The standard InChI is InChI=1S/C19H22N4OS/c1-2-14-3-5-15(6-4-14)17-12-20-7-8-23(17)18(24)11-16-13-22-9-10-25-19(22)21-16/h3-6,9-10,13,17,20H,2,7-8,11-12H2,1H3. The minimum Gasteiger partial charge on any atom is -0.333 e. The van der Waals surface area contributed by atoms with E-state index < -0.39 is 0 Å². The van der Waals surface area contributed by atoms with Crippen LogP contribution in [-0.2, 0) is 17.6 Å². The molecular weight excluding hydrogens is 332 g/mol. The highest BCUT2D eigenvalue weighted by molar-refractivity contribution is 7.15. The Balaban J connectivity index is 1.52. The first-order valence-corrected chi connectivity index (χ1v) is 9.62. The lowest BCUT2D eigenvalue weighted by Gasteiger charge is -2.36. The van der Waals surface area contributed by atoms with Crippen molar-refractivity contribution in [3.05, 3.63) is 58.9 Å². The van der Waals surface area contributed by atoms with Crippen LogP contribution >= 0.6 is 11.3 Å². The minimum atomic E-state index is 0.0934. The van der Waals surface area contributed by atoms with Crippen molar-refractivity contribution in [3.63, 3.8) is 0 Å². The summed E-state index contributed by atoms with van der Waals surface area (Å²) in [5.74, 6) is 0.150. The number of piperazine rings is 1. The zero-order valence-corrected chi connectivity index (χ0v) is 15.1. The van der Waals surface area contributed by atoms with Gasteiger partial charge in [0, 0.05) is 37.4 Å². The van der Waals surface area contributed by atoms with Gasteiger partial charge in [0.25, 0.3) is 0 Å². The summed E-state index contributed by atoms with van der Waals surface area (Å²) in [7, 11) is 0. The number of imidazole rings is 1. The molecular formula is C19H22N4OS. The van der Waals surface area contributed by atoms with Crippen LogP contribution in [0.5, 0.6) is 0 Å². The van der Waals surface area contributed by atoms with Crippen LogP contribution in [0.2, 0.25) is 0 Å². The number of hydrogen-bond donors (Lipinski definition) is 1. The van der Waals surface area contributed by atoms with E-state index in [1.807, 2.05) is 27.1 Å². The smallest absolute Gasteiger partial charge is 0.229 e. The largest absolute Gasteiger partial charge is 0.333 e. The van der Waals surface area contributed by atoms with Crippen molar-refractivity contribution in [2.75, 3.05) is 19.6 Å². The number of aromatic nitrogens is 2. The van der Waals surface area contributed by atoms with Crippen molar-refractivity contribution in [3.8, 4) is 0 Å². The predicted molar refractivity (Wildman–Crippen MR) is 99.9 cm³/mol. The highest BCUT2D eigenvalue weighted by Crippen LogP contribution is 2.24. The van der Waals surface area contributed by atoms with Gasteiger partial charge in [-0.25, -0.2) is 4.98 Å². The summed E-state index contributed by atoms with van der Waals surface area (Å²) < 4.78 is 1.98. The van der Waals surface area contributed by atoms with Gasteiger partial charge in [-0.15, -0.1) is 11.3 Å². The molecule has 4 rings (SSSR count).